The van der Waals surface area contributed by atoms with Crippen molar-refractivity contribution in [2.75, 3.05) is 18.9 Å². The quantitative estimate of drug-likeness (QED) is 0.182. The molecule has 200 valence electrons. The number of rotatable bonds is 11. The van der Waals surface area contributed by atoms with Crippen molar-refractivity contribution in [2.24, 2.45) is 21.8 Å². The van der Waals surface area contributed by atoms with Crippen molar-refractivity contribution in [3.05, 3.63) is 77.4 Å². The van der Waals surface area contributed by atoms with Crippen LogP contribution >= 0.6 is 11.3 Å². The number of primary amides is 2. The number of hydrogen-bond acceptors (Lipinski definition) is 9. The highest BCUT2D eigenvalue weighted by Crippen LogP contribution is 2.38. The van der Waals surface area contributed by atoms with Gasteiger partial charge in [-0.1, -0.05) is 23.4 Å². The van der Waals surface area contributed by atoms with Crippen LogP contribution in [0.1, 0.15) is 41.6 Å². The molecular formula is C25H28FN7O4S. The number of amides is 2. The molecule has 0 saturated heterocycles. The topological polar surface area (TPSA) is 180 Å². The fraction of sp³-hybridized carbons (Fsp3) is 0.240. The lowest BCUT2D eigenvalue weighted by atomic mass is 9.96. The Morgan fingerprint density at radius 2 is 2.00 bits per heavy atom. The van der Waals surface area contributed by atoms with Gasteiger partial charge >= 0.3 is 0 Å². The smallest absolute Gasteiger partial charge is 0.251 e. The van der Waals surface area contributed by atoms with Gasteiger partial charge in [0.05, 0.1) is 23.9 Å². The lowest BCUT2D eigenvalue weighted by molar-refractivity contribution is -0.118. The number of aromatic nitrogens is 1. The number of nitrogens with one attached hydrogen (secondary N) is 1. The number of thiophene rings is 1. The Labute approximate surface area is 222 Å². The lowest BCUT2D eigenvalue weighted by Gasteiger charge is -2.18. The molecule has 38 heavy (non-hydrogen) atoms. The number of nitrogens with zero attached hydrogens (tertiary/aromatic N) is 4. The van der Waals surface area contributed by atoms with Gasteiger partial charge in [0, 0.05) is 16.6 Å². The molecule has 0 radical (unpaired) electrons. The van der Waals surface area contributed by atoms with Crippen LogP contribution in [0.25, 0.3) is 10.4 Å². The SMILES string of the molecule is CN=NN(/C=C/C(O)c1cccc(Nc2sc(-c3ccc(C(C)(C)O)cc3F)cc2C(N)=O)n1)CC(N)=O. The number of halogens is 1. The van der Waals surface area contributed by atoms with Crippen LogP contribution in [0.3, 0.4) is 0 Å². The molecule has 11 nitrogen and oxygen atoms in total. The molecule has 0 spiro atoms. The van der Waals surface area contributed by atoms with Gasteiger partial charge in [0.1, 0.15) is 29.3 Å². The molecule has 1 unspecified atom stereocenters. The van der Waals surface area contributed by atoms with Crippen LogP contribution in [0.2, 0.25) is 0 Å². The molecule has 3 rings (SSSR count). The standard InChI is InChI=1S/C25H28FN7O4S/c1-25(2,37)14-7-8-15(17(26)11-14)20-12-16(23(28)36)24(38-20)31-22-6-4-5-18(30-22)19(34)9-10-33(32-29-3)13-21(27)35/h4-12,19,34,37H,13H2,1-3H3,(H2,27,35)(H2,28,36)(H,30,31)/b10-9+,32-29?. The first kappa shape index (κ1) is 28.4. The van der Waals surface area contributed by atoms with Crippen LogP contribution in [0.15, 0.2) is 65.1 Å². The molecule has 0 aliphatic heterocycles. The zero-order valence-corrected chi connectivity index (χ0v) is 21.7. The average Bonchev–Trinajstić information content (AvgIpc) is 3.25. The van der Waals surface area contributed by atoms with E-state index in [9.17, 15) is 24.2 Å². The summed E-state index contributed by atoms with van der Waals surface area (Å²) in [7, 11) is 1.42. The normalized spacial score (nSPS) is 12.7. The van der Waals surface area contributed by atoms with Crippen LogP contribution in [0, 0.1) is 5.82 Å². The van der Waals surface area contributed by atoms with E-state index < -0.39 is 29.3 Å². The molecule has 13 heteroatoms. The summed E-state index contributed by atoms with van der Waals surface area (Å²) in [5.74, 6) is -1.61. The monoisotopic (exact) mass is 541 g/mol. The number of hydrogen-bond donors (Lipinski definition) is 5. The molecular weight excluding hydrogens is 513 g/mol. The lowest BCUT2D eigenvalue weighted by Crippen LogP contribution is -2.26. The highest BCUT2D eigenvalue weighted by Gasteiger charge is 2.21. The second-order valence-electron chi connectivity index (χ2n) is 8.68. The van der Waals surface area contributed by atoms with E-state index in [1.807, 2.05) is 0 Å². The van der Waals surface area contributed by atoms with E-state index in [0.717, 1.165) is 16.3 Å². The Hall–Kier alpha value is -4.20. The van der Waals surface area contributed by atoms with Gasteiger partial charge in [-0.05, 0) is 49.8 Å². The molecule has 0 aliphatic carbocycles. The van der Waals surface area contributed by atoms with E-state index in [1.165, 1.54) is 37.5 Å². The third-order valence-corrected chi connectivity index (χ3v) is 6.30. The Kier molecular flexibility index (Phi) is 8.88. The first-order valence-electron chi connectivity index (χ1n) is 11.3. The van der Waals surface area contributed by atoms with Crippen LogP contribution < -0.4 is 16.8 Å². The first-order chi connectivity index (χ1) is 17.9. The van der Waals surface area contributed by atoms with E-state index in [4.69, 9.17) is 11.5 Å². The van der Waals surface area contributed by atoms with Gasteiger partial charge in [-0.2, -0.15) is 5.11 Å². The Morgan fingerprint density at radius 1 is 1.26 bits per heavy atom. The highest BCUT2D eigenvalue weighted by atomic mass is 32.1. The largest absolute Gasteiger partial charge is 0.386 e. The third kappa shape index (κ3) is 7.18. The fourth-order valence-corrected chi connectivity index (χ4v) is 4.46. The molecule has 7 N–H and O–H groups in total. The van der Waals surface area contributed by atoms with Gasteiger partial charge < -0.3 is 27.0 Å². The Bertz CT molecular complexity index is 1380. The Morgan fingerprint density at radius 3 is 2.61 bits per heavy atom. The predicted molar refractivity (Wildman–Crippen MR) is 142 cm³/mol. The number of pyridine rings is 1. The summed E-state index contributed by atoms with van der Waals surface area (Å²) >= 11 is 1.10. The number of carbonyl (C=O) groups is 2. The summed E-state index contributed by atoms with van der Waals surface area (Å²) in [4.78, 5) is 28.1. The van der Waals surface area contributed by atoms with Crippen LogP contribution in [-0.2, 0) is 10.4 Å². The van der Waals surface area contributed by atoms with Crippen molar-refractivity contribution in [3.63, 3.8) is 0 Å². The van der Waals surface area contributed by atoms with Gasteiger partial charge in [-0.15, -0.1) is 11.3 Å². The number of carbonyl (C=O) groups excluding carboxylic acids is 2. The van der Waals surface area contributed by atoms with Gasteiger partial charge in [0.25, 0.3) is 5.91 Å². The molecule has 3 aromatic rings. The average molecular weight is 542 g/mol. The fourth-order valence-electron chi connectivity index (χ4n) is 3.37. The predicted octanol–water partition coefficient (Wildman–Crippen LogP) is 3.35. The minimum atomic E-state index is -1.21. The van der Waals surface area contributed by atoms with Crippen molar-refractivity contribution < 1.29 is 24.2 Å². The number of aliphatic hydroxyl groups is 2. The van der Waals surface area contributed by atoms with Crippen molar-refractivity contribution in [2.45, 2.75) is 25.6 Å². The van der Waals surface area contributed by atoms with Crippen LogP contribution in [0.4, 0.5) is 15.2 Å². The van der Waals surface area contributed by atoms with Crippen LogP contribution in [-0.4, -0.2) is 45.6 Å². The van der Waals surface area contributed by atoms with Crippen molar-refractivity contribution >= 4 is 34.0 Å². The van der Waals surface area contributed by atoms with Crippen molar-refractivity contribution in [1.82, 2.24) is 9.99 Å². The summed E-state index contributed by atoms with van der Waals surface area (Å²) in [5.41, 5.74) is 10.6. The molecule has 2 amide bonds. The van der Waals surface area contributed by atoms with E-state index >= 15 is 0 Å². The van der Waals surface area contributed by atoms with Gasteiger partial charge in [-0.3, -0.25) is 9.59 Å². The molecule has 0 bridgehead atoms. The van der Waals surface area contributed by atoms with Crippen molar-refractivity contribution in [3.8, 4) is 10.4 Å². The minimum absolute atomic E-state index is 0.135. The van der Waals surface area contributed by atoms with E-state index in [-0.39, 0.29) is 23.4 Å². The maximum absolute atomic E-state index is 14.9. The summed E-state index contributed by atoms with van der Waals surface area (Å²) in [6.45, 7) is 2.88. The molecule has 2 aromatic heterocycles. The van der Waals surface area contributed by atoms with Crippen LogP contribution in [0.5, 0.6) is 0 Å². The molecule has 0 aliphatic rings. The van der Waals surface area contributed by atoms with E-state index in [0.29, 0.717) is 21.3 Å². The van der Waals surface area contributed by atoms with E-state index in [1.54, 1.807) is 38.1 Å². The van der Waals surface area contributed by atoms with Gasteiger partial charge in [-0.25, -0.2) is 14.4 Å². The zero-order chi connectivity index (χ0) is 28.0. The van der Waals surface area contributed by atoms with Gasteiger partial charge in [0.2, 0.25) is 5.91 Å². The number of benzene rings is 1. The first-order valence-corrected chi connectivity index (χ1v) is 12.1. The summed E-state index contributed by atoms with van der Waals surface area (Å²) in [6.07, 6.45) is 1.53. The maximum atomic E-state index is 14.9. The summed E-state index contributed by atoms with van der Waals surface area (Å²) in [6, 6.07) is 10.7. The second kappa shape index (κ2) is 11.9. The molecule has 1 atom stereocenters. The van der Waals surface area contributed by atoms with E-state index in [2.05, 4.69) is 20.6 Å². The zero-order valence-electron chi connectivity index (χ0n) is 20.9. The summed E-state index contributed by atoms with van der Waals surface area (Å²) < 4.78 is 14.9. The molecule has 2 heterocycles. The Balaban J connectivity index is 1.87. The second-order valence-corrected chi connectivity index (χ2v) is 9.74. The molecule has 0 fully saturated rings. The van der Waals surface area contributed by atoms with Crippen molar-refractivity contribution in [1.29, 1.82) is 0 Å². The minimum Gasteiger partial charge on any atom is -0.386 e. The molecule has 1 aromatic carbocycles. The number of anilines is 2. The maximum Gasteiger partial charge on any atom is 0.251 e. The van der Waals surface area contributed by atoms with Gasteiger partial charge in [0.15, 0.2) is 0 Å². The third-order valence-electron chi connectivity index (χ3n) is 5.22. The highest BCUT2D eigenvalue weighted by molar-refractivity contribution is 7.19. The number of aliphatic hydroxyl groups excluding tert-OH is 1. The molecule has 0 saturated carbocycles. The summed E-state index contributed by atoms with van der Waals surface area (Å²) in [5, 5.41) is 32.5. The number of nitrogens with two attached hydrogens (primary N) is 2.